The van der Waals surface area contributed by atoms with Crippen molar-refractivity contribution < 1.29 is 23.8 Å². The van der Waals surface area contributed by atoms with Gasteiger partial charge in [0.05, 0.1) is 36.5 Å². The van der Waals surface area contributed by atoms with Crippen molar-refractivity contribution in [1.29, 1.82) is 0 Å². The van der Waals surface area contributed by atoms with Crippen molar-refractivity contribution in [2.24, 2.45) is 0 Å². The molecular formula is C31H40N4O5. The monoisotopic (exact) mass is 548 g/mol. The fourth-order valence-corrected chi connectivity index (χ4v) is 5.07. The molecule has 2 aromatic heterocycles. The number of H-pyrrole nitrogens is 1. The minimum absolute atomic E-state index is 0.306. The van der Waals surface area contributed by atoms with Gasteiger partial charge in [0.1, 0.15) is 11.4 Å². The maximum absolute atomic E-state index is 12.6. The highest BCUT2D eigenvalue weighted by Gasteiger charge is 2.23. The van der Waals surface area contributed by atoms with E-state index in [1.165, 1.54) is 19.3 Å². The van der Waals surface area contributed by atoms with Crippen LogP contribution in [0.3, 0.4) is 0 Å². The van der Waals surface area contributed by atoms with Crippen molar-refractivity contribution in [3.8, 4) is 5.75 Å². The first kappa shape index (κ1) is 29.1. The Hall–Kier alpha value is -3.85. The summed E-state index contributed by atoms with van der Waals surface area (Å²) in [7, 11) is 1.71. The van der Waals surface area contributed by atoms with Gasteiger partial charge in [-0.15, -0.1) is 0 Å². The molecule has 1 fully saturated rings. The molecule has 0 unspecified atom stereocenters. The Morgan fingerprint density at radius 2 is 1.82 bits per heavy atom. The van der Waals surface area contributed by atoms with Crippen molar-refractivity contribution in [1.82, 2.24) is 19.7 Å². The maximum atomic E-state index is 12.6. The number of likely N-dealkylation sites (tertiary alicyclic amines) is 1. The number of aromatic nitrogens is 3. The predicted molar refractivity (Wildman–Crippen MR) is 156 cm³/mol. The summed E-state index contributed by atoms with van der Waals surface area (Å²) in [5.41, 5.74) is 3.94. The lowest BCUT2D eigenvalue weighted by Gasteiger charge is -2.27. The van der Waals surface area contributed by atoms with Crippen LogP contribution in [0.1, 0.15) is 68.4 Å². The molecule has 2 aromatic carbocycles. The molecule has 5 rings (SSSR count). The Labute approximate surface area is 235 Å². The Morgan fingerprint density at radius 3 is 2.50 bits per heavy atom. The molecule has 0 aliphatic carbocycles. The molecule has 1 aliphatic heterocycles. The van der Waals surface area contributed by atoms with Crippen LogP contribution < -0.4 is 4.74 Å². The Bertz CT molecular complexity index is 1470. The number of esters is 1. The van der Waals surface area contributed by atoms with Crippen molar-refractivity contribution in [2.45, 2.75) is 66.0 Å². The summed E-state index contributed by atoms with van der Waals surface area (Å²) < 4.78 is 17.8. The van der Waals surface area contributed by atoms with Gasteiger partial charge < -0.3 is 14.2 Å². The van der Waals surface area contributed by atoms with Crippen LogP contribution in [0, 0.1) is 6.92 Å². The fourth-order valence-electron chi connectivity index (χ4n) is 5.07. The fraction of sp³-hybridized carbons (Fsp3) is 0.452. The number of ether oxygens (including phenoxy) is 3. The Balaban J connectivity index is 0.000000222. The predicted octanol–water partition coefficient (Wildman–Crippen LogP) is 6.47. The van der Waals surface area contributed by atoms with Crippen LogP contribution in [0.2, 0.25) is 0 Å². The molecule has 4 aromatic rings. The van der Waals surface area contributed by atoms with Gasteiger partial charge in [0.2, 0.25) is 0 Å². The summed E-state index contributed by atoms with van der Waals surface area (Å²) in [5.74, 6) is 0.585. The number of benzene rings is 2. The number of aromatic amines is 1. The number of nitrogens with one attached hydrogen (secondary N) is 1. The molecule has 214 valence electrons. The highest BCUT2D eigenvalue weighted by molar-refractivity contribution is 6.03. The SMILES string of the molecule is CCOC(=O)c1cccc2[nH]ncc12.COc1cc(C)c2c(ccn2C(=O)OC(C)(C)C)c1CN1CCCCC1. The summed E-state index contributed by atoms with van der Waals surface area (Å²) in [6.45, 7) is 12.9. The van der Waals surface area contributed by atoms with Gasteiger partial charge in [0.15, 0.2) is 0 Å². The third kappa shape index (κ3) is 6.65. The average molecular weight is 549 g/mol. The molecule has 1 aliphatic rings. The van der Waals surface area contributed by atoms with Crippen LogP contribution in [0.5, 0.6) is 5.75 Å². The van der Waals surface area contributed by atoms with E-state index in [1.54, 1.807) is 36.9 Å². The van der Waals surface area contributed by atoms with Crippen LogP contribution >= 0.6 is 0 Å². The van der Waals surface area contributed by atoms with Crippen molar-refractivity contribution in [3.05, 3.63) is 59.4 Å². The number of carbonyl (C=O) groups excluding carboxylic acids is 2. The summed E-state index contributed by atoms with van der Waals surface area (Å²) in [4.78, 5) is 26.6. The van der Waals surface area contributed by atoms with Crippen molar-refractivity contribution >= 4 is 33.9 Å². The Kier molecular flexibility index (Phi) is 9.14. The van der Waals surface area contributed by atoms with Crippen LogP contribution in [0.4, 0.5) is 4.79 Å². The number of piperidine rings is 1. The largest absolute Gasteiger partial charge is 0.496 e. The second kappa shape index (κ2) is 12.6. The number of hydrogen-bond acceptors (Lipinski definition) is 7. The molecule has 0 spiro atoms. The van der Waals surface area contributed by atoms with Gasteiger partial charge in [-0.25, -0.2) is 9.59 Å². The van der Waals surface area contributed by atoms with E-state index in [4.69, 9.17) is 14.2 Å². The van der Waals surface area contributed by atoms with E-state index >= 15 is 0 Å². The average Bonchev–Trinajstić information content (AvgIpc) is 3.58. The Morgan fingerprint density at radius 1 is 1.07 bits per heavy atom. The number of nitrogens with zero attached hydrogens (tertiary/aromatic N) is 3. The lowest BCUT2D eigenvalue weighted by atomic mass is 10.0. The minimum atomic E-state index is -0.523. The van der Waals surface area contributed by atoms with Gasteiger partial charge in [-0.3, -0.25) is 14.6 Å². The van der Waals surface area contributed by atoms with Crippen LogP contribution in [0.15, 0.2) is 42.7 Å². The molecule has 40 heavy (non-hydrogen) atoms. The molecule has 1 N–H and O–H groups in total. The summed E-state index contributed by atoms with van der Waals surface area (Å²) in [6.07, 6.45) is 6.90. The first-order chi connectivity index (χ1) is 19.1. The van der Waals surface area contributed by atoms with E-state index in [0.717, 1.165) is 58.3 Å². The standard InChI is InChI=1S/C21H30N2O3.C10H10N2O2/c1-15-13-18(25-5)17(14-22-10-7-6-8-11-22)16-9-12-23(19(15)16)20(24)26-21(2,3)4;1-2-14-10(13)7-4-3-5-9-8(7)6-11-12-9/h9,12-13H,6-8,10-11,14H2,1-5H3;3-6H,2H2,1H3,(H,11,12). The highest BCUT2D eigenvalue weighted by atomic mass is 16.6. The molecule has 9 nitrogen and oxygen atoms in total. The first-order valence-electron chi connectivity index (χ1n) is 13.9. The zero-order valence-corrected chi connectivity index (χ0v) is 24.4. The van der Waals surface area contributed by atoms with E-state index < -0.39 is 5.60 Å². The maximum Gasteiger partial charge on any atom is 0.419 e. The van der Waals surface area contributed by atoms with Crippen molar-refractivity contribution in [3.63, 3.8) is 0 Å². The number of rotatable bonds is 5. The third-order valence-electron chi connectivity index (χ3n) is 6.85. The number of fused-ring (bicyclic) bond motifs is 2. The topological polar surface area (TPSA) is 98.7 Å². The molecule has 9 heteroatoms. The third-order valence-corrected chi connectivity index (χ3v) is 6.85. The second-order valence-electron chi connectivity index (χ2n) is 11.0. The van der Waals surface area contributed by atoms with Crippen LogP contribution in [-0.2, 0) is 16.0 Å². The molecule has 1 saturated heterocycles. The van der Waals surface area contributed by atoms with Gasteiger partial charge in [0.25, 0.3) is 0 Å². The molecule has 0 amide bonds. The second-order valence-corrected chi connectivity index (χ2v) is 11.0. The van der Waals surface area contributed by atoms with Gasteiger partial charge in [-0.2, -0.15) is 5.10 Å². The molecule has 0 atom stereocenters. The van der Waals surface area contributed by atoms with Crippen LogP contribution in [-0.4, -0.2) is 64.1 Å². The summed E-state index contributed by atoms with van der Waals surface area (Å²) in [5, 5.41) is 8.54. The zero-order chi connectivity index (χ0) is 28.9. The van der Waals surface area contributed by atoms with E-state index in [2.05, 4.69) is 15.1 Å². The van der Waals surface area contributed by atoms with E-state index in [9.17, 15) is 9.59 Å². The molecule has 0 radical (unpaired) electrons. The molecule has 0 bridgehead atoms. The highest BCUT2D eigenvalue weighted by Crippen LogP contribution is 2.34. The first-order valence-corrected chi connectivity index (χ1v) is 13.9. The molecule has 0 saturated carbocycles. The number of carbonyl (C=O) groups is 2. The quantitative estimate of drug-likeness (QED) is 0.286. The van der Waals surface area contributed by atoms with Crippen LogP contribution in [0.25, 0.3) is 21.8 Å². The van der Waals surface area contributed by atoms with Gasteiger partial charge in [0, 0.05) is 29.1 Å². The number of hydrogen-bond donors (Lipinski definition) is 1. The van der Waals surface area contributed by atoms with Gasteiger partial charge >= 0.3 is 12.1 Å². The van der Waals surface area contributed by atoms with E-state index in [0.29, 0.717) is 12.2 Å². The van der Waals surface area contributed by atoms with Gasteiger partial charge in [-0.05, 0) is 90.4 Å². The summed E-state index contributed by atoms with van der Waals surface area (Å²) in [6, 6.07) is 9.43. The molecular weight excluding hydrogens is 508 g/mol. The zero-order valence-electron chi connectivity index (χ0n) is 24.4. The smallest absolute Gasteiger partial charge is 0.419 e. The normalized spacial score (nSPS) is 14.1. The van der Waals surface area contributed by atoms with Gasteiger partial charge in [-0.1, -0.05) is 12.5 Å². The van der Waals surface area contributed by atoms with Crippen molar-refractivity contribution in [2.75, 3.05) is 26.8 Å². The van der Waals surface area contributed by atoms with E-state index in [1.807, 2.05) is 52.1 Å². The summed E-state index contributed by atoms with van der Waals surface area (Å²) >= 11 is 0. The number of aryl methyl sites for hydroxylation is 1. The van der Waals surface area contributed by atoms with E-state index in [-0.39, 0.29) is 12.1 Å². The lowest BCUT2D eigenvalue weighted by molar-refractivity contribution is 0.0523. The molecule has 3 heterocycles. The lowest BCUT2D eigenvalue weighted by Crippen LogP contribution is -2.29. The minimum Gasteiger partial charge on any atom is -0.496 e. The number of methoxy groups -OCH3 is 1.